The molecule has 4 rings (SSSR count). The highest BCUT2D eigenvalue weighted by molar-refractivity contribution is 5.95. The summed E-state index contributed by atoms with van der Waals surface area (Å²) in [4.78, 5) is 12.4. The van der Waals surface area contributed by atoms with Crippen molar-refractivity contribution < 1.29 is 24.5 Å². The standard InChI is InChI=1S/C20H16O5/c1-3-4-14-11(2)19(23)25-20(14)15-7-5-12(21)9-17(15)24-18-10-13(22)6-8-16(18)20/h3-10,21-22H,1-2H3/b4-3-. The molecule has 5 heteroatoms. The van der Waals surface area contributed by atoms with Gasteiger partial charge in [-0.3, -0.25) is 0 Å². The molecule has 0 amide bonds. The van der Waals surface area contributed by atoms with Crippen molar-refractivity contribution in [3.63, 3.8) is 0 Å². The molecule has 2 aromatic rings. The monoisotopic (exact) mass is 336 g/mol. The van der Waals surface area contributed by atoms with Gasteiger partial charge in [-0.25, -0.2) is 4.79 Å². The lowest BCUT2D eigenvalue weighted by atomic mass is 9.77. The van der Waals surface area contributed by atoms with Gasteiger partial charge in [-0.2, -0.15) is 0 Å². The molecule has 0 saturated heterocycles. The zero-order valence-electron chi connectivity index (χ0n) is 13.7. The number of esters is 1. The van der Waals surface area contributed by atoms with Crippen LogP contribution in [0.15, 0.2) is 59.7 Å². The molecule has 0 atom stereocenters. The van der Waals surface area contributed by atoms with Crippen molar-refractivity contribution in [1.29, 1.82) is 0 Å². The average Bonchev–Trinajstić information content (AvgIpc) is 2.80. The van der Waals surface area contributed by atoms with Crippen molar-refractivity contribution in [3.8, 4) is 23.0 Å². The highest BCUT2D eigenvalue weighted by Gasteiger charge is 2.53. The number of ether oxygens (including phenoxy) is 2. The van der Waals surface area contributed by atoms with E-state index in [1.807, 2.05) is 19.1 Å². The summed E-state index contributed by atoms with van der Waals surface area (Å²) < 4.78 is 11.8. The predicted molar refractivity (Wildman–Crippen MR) is 90.7 cm³/mol. The average molecular weight is 336 g/mol. The highest BCUT2D eigenvalue weighted by Crippen LogP contribution is 2.57. The summed E-state index contributed by atoms with van der Waals surface area (Å²) >= 11 is 0. The van der Waals surface area contributed by atoms with E-state index in [2.05, 4.69) is 0 Å². The Hall–Kier alpha value is -3.21. The Morgan fingerprint density at radius 2 is 1.56 bits per heavy atom. The number of aromatic hydroxyl groups is 2. The number of phenolic OH excluding ortho intramolecular Hbond substituents is 2. The van der Waals surface area contributed by atoms with Gasteiger partial charge in [-0.1, -0.05) is 12.2 Å². The number of carbonyl (C=O) groups excluding carboxylic acids is 1. The van der Waals surface area contributed by atoms with E-state index in [0.717, 1.165) is 0 Å². The van der Waals surface area contributed by atoms with Gasteiger partial charge in [0.2, 0.25) is 0 Å². The summed E-state index contributed by atoms with van der Waals surface area (Å²) in [7, 11) is 0. The van der Waals surface area contributed by atoms with Crippen LogP contribution in [0.1, 0.15) is 25.0 Å². The largest absolute Gasteiger partial charge is 0.508 e. The number of rotatable bonds is 1. The van der Waals surface area contributed by atoms with E-state index >= 15 is 0 Å². The van der Waals surface area contributed by atoms with Crippen LogP contribution in [-0.2, 0) is 15.1 Å². The van der Waals surface area contributed by atoms with Crippen LogP contribution in [0.3, 0.4) is 0 Å². The van der Waals surface area contributed by atoms with Crippen LogP contribution in [0, 0.1) is 0 Å². The Balaban J connectivity index is 2.11. The molecule has 1 spiro atoms. The lowest BCUT2D eigenvalue weighted by molar-refractivity contribution is -0.145. The van der Waals surface area contributed by atoms with Crippen LogP contribution in [-0.4, -0.2) is 16.2 Å². The first kappa shape index (κ1) is 15.3. The van der Waals surface area contributed by atoms with E-state index in [4.69, 9.17) is 9.47 Å². The van der Waals surface area contributed by atoms with Gasteiger partial charge in [0.25, 0.3) is 0 Å². The number of carbonyl (C=O) groups is 1. The van der Waals surface area contributed by atoms with Crippen LogP contribution in [0.25, 0.3) is 0 Å². The van der Waals surface area contributed by atoms with E-state index in [9.17, 15) is 15.0 Å². The Morgan fingerprint density at radius 3 is 2.08 bits per heavy atom. The van der Waals surface area contributed by atoms with Gasteiger partial charge >= 0.3 is 5.97 Å². The van der Waals surface area contributed by atoms with Crippen molar-refractivity contribution >= 4 is 5.97 Å². The summed E-state index contributed by atoms with van der Waals surface area (Å²) in [6.07, 6.45) is 3.69. The summed E-state index contributed by atoms with van der Waals surface area (Å²) in [6.45, 7) is 3.59. The number of benzene rings is 2. The fourth-order valence-corrected chi connectivity index (χ4v) is 3.49. The zero-order chi connectivity index (χ0) is 17.8. The fraction of sp³-hybridized carbons (Fsp3) is 0.150. The third kappa shape index (κ3) is 1.99. The van der Waals surface area contributed by atoms with Crippen LogP contribution in [0.4, 0.5) is 0 Å². The molecule has 0 aliphatic carbocycles. The van der Waals surface area contributed by atoms with Gasteiger partial charge in [0.15, 0.2) is 5.60 Å². The van der Waals surface area contributed by atoms with Gasteiger partial charge in [0, 0.05) is 34.4 Å². The van der Waals surface area contributed by atoms with Crippen molar-refractivity contribution in [2.24, 2.45) is 0 Å². The van der Waals surface area contributed by atoms with E-state index in [-0.39, 0.29) is 11.5 Å². The molecule has 0 radical (unpaired) electrons. The molecule has 2 aliphatic heterocycles. The van der Waals surface area contributed by atoms with Crippen LogP contribution >= 0.6 is 0 Å². The maximum Gasteiger partial charge on any atom is 0.335 e. The second kappa shape index (κ2) is 5.14. The normalized spacial score (nSPS) is 17.4. The molecule has 2 aromatic carbocycles. The Bertz CT molecular complexity index is 917. The molecule has 0 fully saturated rings. The smallest absolute Gasteiger partial charge is 0.335 e. The van der Waals surface area contributed by atoms with Gasteiger partial charge < -0.3 is 19.7 Å². The summed E-state index contributed by atoms with van der Waals surface area (Å²) in [5.74, 6) is 0.420. The molecule has 2 heterocycles. The highest BCUT2D eigenvalue weighted by atomic mass is 16.6. The molecule has 2 aliphatic rings. The van der Waals surface area contributed by atoms with Crippen molar-refractivity contribution in [1.82, 2.24) is 0 Å². The van der Waals surface area contributed by atoms with E-state index in [0.29, 0.717) is 33.8 Å². The molecule has 0 saturated carbocycles. The number of hydrogen-bond acceptors (Lipinski definition) is 5. The van der Waals surface area contributed by atoms with Gasteiger partial charge in [0.1, 0.15) is 23.0 Å². The number of fused-ring (bicyclic) bond motifs is 4. The van der Waals surface area contributed by atoms with Crippen LogP contribution in [0.2, 0.25) is 0 Å². The van der Waals surface area contributed by atoms with E-state index in [1.165, 1.54) is 24.3 Å². The lowest BCUT2D eigenvalue weighted by Crippen LogP contribution is -2.33. The fourth-order valence-electron chi connectivity index (χ4n) is 3.49. The molecular weight excluding hydrogens is 320 g/mol. The Morgan fingerprint density at radius 1 is 1.00 bits per heavy atom. The SMILES string of the molecule is C/C=C\C1=C(C)C(=O)OC12c1ccc(O)cc1Oc1cc(O)ccc12. The minimum absolute atomic E-state index is 0.0371. The zero-order valence-corrected chi connectivity index (χ0v) is 13.7. The van der Waals surface area contributed by atoms with Crippen LogP contribution in [0.5, 0.6) is 23.0 Å². The first-order chi connectivity index (χ1) is 12.0. The summed E-state index contributed by atoms with van der Waals surface area (Å²) in [6, 6.07) is 9.39. The molecule has 25 heavy (non-hydrogen) atoms. The molecule has 5 nitrogen and oxygen atoms in total. The molecule has 0 unspecified atom stereocenters. The molecule has 0 aromatic heterocycles. The van der Waals surface area contributed by atoms with Crippen molar-refractivity contribution in [2.45, 2.75) is 19.4 Å². The van der Waals surface area contributed by atoms with Gasteiger partial charge in [0.05, 0.1) is 0 Å². The van der Waals surface area contributed by atoms with Crippen LogP contribution < -0.4 is 4.74 Å². The molecule has 0 bridgehead atoms. The van der Waals surface area contributed by atoms with Crippen molar-refractivity contribution in [2.75, 3.05) is 0 Å². The number of phenols is 2. The number of allylic oxidation sites excluding steroid dienone is 1. The maximum absolute atomic E-state index is 12.4. The summed E-state index contributed by atoms with van der Waals surface area (Å²) in [5, 5.41) is 19.7. The Labute approximate surface area is 144 Å². The molecular formula is C20H16O5. The predicted octanol–water partition coefficient (Wildman–Crippen LogP) is 3.90. The van der Waals surface area contributed by atoms with E-state index in [1.54, 1.807) is 19.1 Å². The minimum Gasteiger partial charge on any atom is -0.508 e. The summed E-state index contributed by atoms with van der Waals surface area (Å²) in [5.41, 5.74) is 1.31. The van der Waals surface area contributed by atoms with Gasteiger partial charge in [-0.15, -0.1) is 0 Å². The Kier molecular flexibility index (Phi) is 3.15. The third-order valence-electron chi connectivity index (χ3n) is 4.58. The first-order valence-electron chi connectivity index (χ1n) is 7.89. The molecule has 2 N–H and O–H groups in total. The van der Waals surface area contributed by atoms with Crippen molar-refractivity contribution in [3.05, 3.63) is 70.8 Å². The first-order valence-corrected chi connectivity index (χ1v) is 7.89. The lowest BCUT2D eigenvalue weighted by Gasteiger charge is -2.37. The second-order valence-corrected chi connectivity index (χ2v) is 6.07. The topological polar surface area (TPSA) is 76.0 Å². The molecule has 126 valence electrons. The minimum atomic E-state index is -1.17. The maximum atomic E-state index is 12.4. The second-order valence-electron chi connectivity index (χ2n) is 6.07. The van der Waals surface area contributed by atoms with E-state index < -0.39 is 11.6 Å². The van der Waals surface area contributed by atoms with Gasteiger partial charge in [-0.05, 0) is 38.1 Å². The number of hydrogen-bond donors (Lipinski definition) is 2. The third-order valence-corrected chi connectivity index (χ3v) is 4.58. The quantitative estimate of drug-likeness (QED) is 0.773.